The minimum atomic E-state index is -1.04. The molecule has 5 fully saturated rings. The monoisotopic (exact) mass is 1790 g/mol. The molecule has 14 atom stereocenters. The van der Waals surface area contributed by atoms with E-state index in [9.17, 15) is 59.1 Å². The number of carboxylic acids is 4. The van der Waals surface area contributed by atoms with Crippen LogP contribution in [0.2, 0.25) is 0 Å². The number of rotatable bonds is 33. The molecule has 9 N–H and O–H groups in total. The molecule has 0 aromatic heterocycles. The maximum Gasteiger partial charge on any atom is 1.00 e. The number of phenolic OH excluding ortho intramolecular Hbond substituents is 1. The lowest BCUT2D eigenvalue weighted by Crippen LogP contribution is -2.41. The van der Waals surface area contributed by atoms with Gasteiger partial charge in [-0.05, 0) is 135 Å². The van der Waals surface area contributed by atoms with Gasteiger partial charge in [0.1, 0.15) is 59.1 Å². The number of phenols is 1. The zero-order chi connectivity index (χ0) is 94.9. The number of para-hydroxylation sites is 5. The van der Waals surface area contributed by atoms with Gasteiger partial charge in [-0.3, -0.25) is 33.6 Å². The van der Waals surface area contributed by atoms with E-state index in [0.29, 0.717) is 85.7 Å². The topological polar surface area (TPSA) is 448 Å². The van der Waals surface area contributed by atoms with Crippen LogP contribution in [0.25, 0.3) is 0 Å². The number of benzene rings is 6. The number of carboxylic acid groups (broad SMARTS) is 4. The summed E-state index contributed by atoms with van der Waals surface area (Å²) in [5.41, 5.74) is 5.98. The quantitative estimate of drug-likeness (QED) is 0.00607. The van der Waals surface area contributed by atoms with Gasteiger partial charge >= 0.3 is 43.2 Å². The molecular formula is C97H131O31+. The van der Waals surface area contributed by atoms with E-state index >= 15 is 0 Å². The number of ether oxygens (including phenoxy) is 14. The van der Waals surface area contributed by atoms with E-state index in [2.05, 4.69) is 19.1 Å². The van der Waals surface area contributed by atoms with E-state index in [1.807, 2.05) is 126 Å². The Bertz CT molecular complexity index is 4420. The van der Waals surface area contributed by atoms with Crippen molar-refractivity contribution in [2.45, 2.75) is 193 Å². The number of carbonyl (C=O) groups is 8. The summed E-state index contributed by atoms with van der Waals surface area (Å²) in [6.45, 7) is 16.0. The smallest absolute Gasteiger partial charge is 0.508 e. The Morgan fingerprint density at radius 1 is 0.555 bits per heavy atom. The van der Waals surface area contributed by atoms with Gasteiger partial charge in [0.15, 0.2) is 24.2 Å². The number of aryl methyl sites for hydroxylation is 1. The molecule has 0 bridgehead atoms. The fraction of sp³-hybridized carbons (Fsp3) is 0.485. The van der Waals surface area contributed by atoms with E-state index in [-0.39, 0.29) is 107 Å². The summed E-state index contributed by atoms with van der Waals surface area (Å²) in [5.74, 6) is -4.67. The number of aliphatic hydroxyl groups is 4. The second-order valence-electron chi connectivity index (χ2n) is 30.7. The summed E-state index contributed by atoms with van der Waals surface area (Å²) in [6.07, 6.45) is 12.5. The van der Waals surface area contributed by atoms with E-state index in [1.165, 1.54) is 39.4 Å². The summed E-state index contributed by atoms with van der Waals surface area (Å²) < 4.78 is 74.7. The molecule has 11 rings (SSSR count). The zero-order valence-corrected chi connectivity index (χ0v) is 75.5. The number of hydrogen-bond donors (Lipinski definition) is 9. The zero-order valence-electron chi connectivity index (χ0n) is 76.5. The number of cyclic esters (lactones) is 2. The Morgan fingerprint density at radius 3 is 1.42 bits per heavy atom. The number of aliphatic carboxylic acids is 4. The van der Waals surface area contributed by atoms with Crippen LogP contribution in [0.1, 0.15) is 203 Å². The Morgan fingerprint density at radius 2 is 0.977 bits per heavy atom. The number of carbonyl (C=O) groups excluding carboxylic acids is 4. The van der Waals surface area contributed by atoms with Gasteiger partial charge in [0.25, 0.3) is 0 Å². The minimum absolute atomic E-state index is 0. The van der Waals surface area contributed by atoms with Gasteiger partial charge in [0, 0.05) is 105 Å². The highest BCUT2D eigenvalue weighted by molar-refractivity contribution is 5.84. The predicted octanol–water partition coefficient (Wildman–Crippen LogP) is 15.3. The fourth-order valence-electron chi connectivity index (χ4n) is 13.8. The maximum absolute atomic E-state index is 11.9. The number of allylic oxidation sites excluding steroid dienone is 6. The molecule has 5 heterocycles. The molecule has 0 radical (unpaired) electrons. The molecule has 704 valence electrons. The van der Waals surface area contributed by atoms with E-state index in [4.69, 9.17) is 91.5 Å². The Kier molecular flexibility index (Phi) is 50.0. The third-order valence-corrected chi connectivity index (χ3v) is 20.8. The van der Waals surface area contributed by atoms with Crippen molar-refractivity contribution in [3.05, 3.63) is 221 Å². The van der Waals surface area contributed by atoms with Crippen LogP contribution in [-0.2, 0) is 85.7 Å². The van der Waals surface area contributed by atoms with Crippen molar-refractivity contribution in [2.24, 2.45) is 35.5 Å². The summed E-state index contributed by atoms with van der Waals surface area (Å²) in [5, 5.41) is 83.4. The van der Waals surface area contributed by atoms with Crippen LogP contribution in [0.5, 0.6) is 28.7 Å². The van der Waals surface area contributed by atoms with Crippen molar-refractivity contribution in [3.63, 3.8) is 0 Å². The summed E-state index contributed by atoms with van der Waals surface area (Å²) >= 11 is 0. The number of hydrogen-bond acceptors (Lipinski definition) is 27. The number of aliphatic hydroxyl groups excluding tert-OH is 4. The van der Waals surface area contributed by atoms with Crippen LogP contribution < -0.4 is 18.9 Å². The summed E-state index contributed by atoms with van der Waals surface area (Å²) in [7, 11) is 9.39. The van der Waals surface area contributed by atoms with E-state index < -0.39 is 89.8 Å². The molecule has 6 aromatic rings. The van der Waals surface area contributed by atoms with Crippen LogP contribution in [0.15, 0.2) is 182 Å². The van der Waals surface area contributed by atoms with Crippen molar-refractivity contribution in [2.75, 3.05) is 75.7 Å². The second-order valence-corrected chi connectivity index (χ2v) is 30.7. The van der Waals surface area contributed by atoms with Gasteiger partial charge in [-0.2, -0.15) is 0 Å². The summed E-state index contributed by atoms with van der Waals surface area (Å²) in [6, 6.07) is 44.2. The van der Waals surface area contributed by atoms with Gasteiger partial charge in [-0.15, -0.1) is 0 Å². The second kappa shape index (κ2) is 58.5. The Labute approximate surface area is 750 Å². The SMILES string of the molecule is CC=O.CCOC(=O)[C@H]1CC(=O)OC1c1ccccc1OC.COC(C)(C)OC.COc1ccccc1C(O)[C@@H](CO)C/C=C\CCC(=O)O.COc1ccccc1C1OC(=O)C[C@@H]1C(=O)O.COc1ccccc1C1OC(O)C[C@@H]1CO.C[C@H]1OC[C@@H](C/C=C\CCC(=O)O)[C@@H](c2ccccc2O)O1.Cc1ccccc1[C@H]1OC(C)(C)OC[C@H]1C/C=C\CCC(=O)O.[H+]. The van der Waals surface area contributed by atoms with Crippen molar-refractivity contribution < 1.29 is 152 Å². The first-order valence-corrected chi connectivity index (χ1v) is 42.2. The third kappa shape index (κ3) is 37.4. The molecule has 0 aliphatic carbocycles. The molecule has 31 heteroatoms. The van der Waals surface area contributed by atoms with Gasteiger partial charge in [-0.25, -0.2) is 0 Å². The van der Waals surface area contributed by atoms with Crippen LogP contribution in [0.3, 0.4) is 0 Å². The lowest BCUT2D eigenvalue weighted by Gasteiger charge is -2.41. The van der Waals surface area contributed by atoms with Gasteiger partial charge < -0.3 is 117 Å². The third-order valence-electron chi connectivity index (χ3n) is 20.8. The maximum atomic E-state index is 11.9. The molecule has 5 aliphatic heterocycles. The number of aldehydes is 1. The first-order valence-electron chi connectivity index (χ1n) is 42.2. The summed E-state index contributed by atoms with van der Waals surface area (Å²) in [4.78, 5) is 85.8. The molecule has 6 aromatic carbocycles. The lowest BCUT2D eigenvalue weighted by atomic mass is 9.89. The standard InChI is InChI=1S/C19H26O4.C17H22O5.C16H22O5.C14H16O5.C12H12O5.C12H16O4.C5H12O2.C2H4O/c1-14-9-7-8-11-16(14)18-15(13-22-19(2,3)23-18)10-5-4-6-12-17(20)21;1-12-21-11-13(7-3-2-4-10-16(19)20)17(22-12)14-8-5-6-9-15(14)18;1-21-14-9-6-5-8-13(14)16(20)12(11-17)7-3-2-4-10-15(18)19;1-3-18-14(16)10-8-12(15)19-13(10)9-6-4-5-7-11(9)17-2;1-16-9-5-3-2-4-7(9)11-8(12(14)15)6-10(13)17-11;1-15-10-5-3-2-4-9(10)12-8(7-13)6-11(14)16-12;1-5(2,6-3)7-4;1-2-3/h4-5,7-9,11,15,18H,6,10,12-13H2,1-3H3,(H,20,21);2-3,5-6,8-9,12-13,17-18H,4,7,10-11H2,1H3,(H,19,20);2-3,5-6,8-9,12,16-17,20H,4,7,10-11H2,1H3,(H,18,19);4-7,10,13H,3,8H2,1-2H3;2-5,8,11H,6H2,1H3,(H,14,15);2-5,8,11-14H,6-7H2,1H3;1-4H3;2H,1H3/p+1/b5-4-;2*3-2-;;;;;/t15-,18+;12-,13+,17-;12-,16?;10-,13?;8-,11?;8-,11?,12?;;/m101001../s1. The number of aromatic hydroxyl groups is 1. The largest absolute Gasteiger partial charge is 1.00 e. The lowest BCUT2D eigenvalue weighted by molar-refractivity contribution is -0.295. The van der Waals surface area contributed by atoms with Crippen molar-refractivity contribution in [1.29, 1.82) is 0 Å². The fourth-order valence-corrected chi connectivity index (χ4v) is 13.8. The van der Waals surface area contributed by atoms with Gasteiger partial charge in [-0.1, -0.05) is 152 Å². The van der Waals surface area contributed by atoms with Gasteiger partial charge in [0.2, 0.25) is 0 Å². The highest BCUT2D eigenvalue weighted by Crippen LogP contribution is 2.45. The predicted molar refractivity (Wildman–Crippen MR) is 473 cm³/mol. The molecule has 31 nitrogen and oxygen atoms in total. The molecule has 5 unspecified atom stereocenters. The number of esters is 3. The average molecular weight is 1790 g/mol. The van der Waals surface area contributed by atoms with Crippen LogP contribution >= 0.6 is 0 Å². The first kappa shape index (κ1) is 109. The highest BCUT2D eigenvalue weighted by atomic mass is 16.7. The molecule has 0 spiro atoms. The molecular weight excluding hydrogens is 1660 g/mol. The van der Waals surface area contributed by atoms with E-state index in [0.717, 1.165) is 29.6 Å². The Hall–Kier alpha value is -10.9. The van der Waals surface area contributed by atoms with Crippen molar-refractivity contribution in [3.8, 4) is 28.7 Å². The molecule has 0 amide bonds. The van der Waals surface area contributed by atoms with Gasteiger partial charge in [0.05, 0.1) is 85.5 Å². The van der Waals surface area contributed by atoms with E-state index in [1.54, 1.807) is 107 Å². The van der Waals surface area contributed by atoms with Crippen LogP contribution in [0, 0.1) is 42.4 Å². The molecule has 128 heavy (non-hydrogen) atoms. The van der Waals surface area contributed by atoms with Crippen LogP contribution in [-0.4, -0.2) is 194 Å². The molecule has 5 aliphatic rings. The van der Waals surface area contributed by atoms with Crippen LogP contribution in [0.4, 0.5) is 0 Å². The van der Waals surface area contributed by atoms with Crippen molar-refractivity contribution >= 4 is 48.1 Å². The Balaban J connectivity index is 0.000000391. The number of methoxy groups -OCH3 is 6. The first-order chi connectivity index (χ1) is 61.2. The highest BCUT2D eigenvalue weighted by Gasteiger charge is 2.45. The van der Waals surface area contributed by atoms with Crippen molar-refractivity contribution in [1.82, 2.24) is 0 Å². The normalized spacial score (nSPS) is 21.7. The minimum Gasteiger partial charge on any atom is -0.508 e. The molecule has 0 saturated carbocycles. The average Bonchev–Trinajstić information content (AvgIpc) is 1.79. The molecule has 5 saturated heterocycles.